The van der Waals surface area contributed by atoms with Gasteiger partial charge in [-0.2, -0.15) is 0 Å². The van der Waals surface area contributed by atoms with Crippen molar-refractivity contribution in [2.24, 2.45) is 11.7 Å². The number of carbonyl (C=O) groups is 2. The Kier molecular flexibility index (Phi) is 10.7. The minimum absolute atomic E-state index is 0. The second-order valence-corrected chi connectivity index (χ2v) is 7.43. The van der Waals surface area contributed by atoms with E-state index in [-0.39, 0.29) is 30.0 Å². The number of halogens is 1. The van der Waals surface area contributed by atoms with E-state index in [1.54, 1.807) is 0 Å². The van der Waals surface area contributed by atoms with Crippen LogP contribution in [-0.4, -0.2) is 55.7 Å². The summed E-state index contributed by atoms with van der Waals surface area (Å²) < 4.78 is 0. The summed E-state index contributed by atoms with van der Waals surface area (Å²) in [6, 6.07) is 7.49. The maximum Gasteiger partial charge on any atom is 0.238 e. The standard InChI is InChI=1S/C18H28N4O2S.ClH/c1-20-9-6-14-7-10-22(11-8-14)12-18(24)21-15-4-2-3-5-16(15)25-13-17(19)23;/h2-5,14,20H,6-13H2,1H3,(H2,19,23)(H,21,24);1H. The Bertz CT molecular complexity index is 580. The molecule has 4 N–H and O–H groups in total. The van der Waals surface area contributed by atoms with Gasteiger partial charge in [0.25, 0.3) is 0 Å². The van der Waals surface area contributed by atoms with Gasteiger partial charge in [-0.05, 0) is 64.0 Å². The molecule has 1 heterocycles. The van der Waals surface area contributed by atoms with Crippen LogP contribution in [0.25, 0.3) is 0 Å². The molecule has 0 aromatic heterocycles. The van der Waals surface area contributed by atoms with Gasteiger partial charge < -0.3 is 16.4 Å². The lowest BCUT2D eigenvalue weighted by molar-refractivity contribution is -0.117. The minimum Gasteiger partial charge on any atom is -0.369 e. The van der Waals surface area contributed by atoms with Crippen LogP contribution in [0.4, 0.5) is 5.69 Å². The third kappa shape index (κ3) is 7.95. The predicted molar refractivity (Wildman–Crippen MR) is 110 cm³/mol. The maximum atomic E-state index is 12.4. The second-order valence-electron chi connectivity index (χ2n) is 6.41. The van der Waals surface area contributed by atoms with Crippen LogP contribution in [0, 0.1) is 5.92 Å². The smallest absolute Gasteiger partial charge is 0.238 e. The topological polar surface area (TPSA) is 87.5 Å². The number of likely N-dealkylation sites (tertiary alicyclic amines) is 1. The molecule has 2 amide bonds. The summed E-state index contributed by atoms with van der Waals surface area (Å²) in [5.41, 5.74) is 5.94. The molecule has 1 aliphatic rings. The first-order chi connectivity index (χ1) is 12.1. The number of amides is 2. The van der Waals surface area contributed by atoms with E-state index >= 15 is 0 Å². The third-order valence-corrected chi connectivity index (χ3v) is 5.50. The molecular formula is C18H29ClN4O2S. The lowest BCUT2D eigenvalue weighted by Gasteiger charge is -2.31. The molecule has 0 aliphatic carbocycles. The van der Waals surface area contributed by atoms with Gasteiger partial charge >= 0.3 is 0 Å². The van der Waals surface area contributed by atoms with Crippen LogP contribution in [0.2, 0.25) is 0 Å². The molecule has 6 nitrogen and oxygen atoms in total. The Balaban J connectivity index is 0.00000338. The number of anilines is 1. The zero-order valence-electron chi connectivity index (χ0n) is 15.2. The summed E-state index contributed by atoms with van der Waals surface area (Å²) in [6.07, 6.45) is 3.51. The Morgan fingerprint density at radius 2 is 1.96 bits per heavy atom. The molecule has 1 aromatic carbocycles. The SMILES string of the molecule is CNCCC1CCN(CC(=O)Nc2ccccc2SCC(N)=O)CC1.Cl. The summed E-state index contributed by atoms with van der Waals surface area (Å²) in [4.78, 5) is 26.4. The average molecular weight is 401 g/mol. The van der Waals surface area contributed by atoms with Gasteiger partial charge in [0.1, 0.15) is 0 Å². The van der Waals surface area contributed by atoms with Gasteiger partial charge in [-0.3, -0.25) is 14.5 Å². The fraction of sp³-hybridized carbons (Fsp3) is 0.556. The van der Waals surface area contributed by atoms with E-state index in [9.17, 15) is 9.59 Å². The van der Waals surface area contributed by atoms with E-state index in [0.29, 0.717) is 6.54 Å². The Hall–Kier alpha value is -1.28. The Labute approximate surface area is 166 Å². The van der Waals surface area contributed by atoms with E-state index in [1.807, 2.05) is 31.3 Å². The van der Waals surface area contributed by atoms with Gasteiger partial charge in [-0.25, -0.2) is 0 Å². The molecule has 8 heteroatoms. The number of rotatable bonds is 9. The highest BCUT2D eigenvalue weighted by Gasteiger charge is 2.20. The molecule has 1 aliphatic heterocycles. The molecule has 1 fully saturated rings. The Morgan fingerprint density at radius 3 is 2.62 bits per heavy atom. The minimum atomic E-state index is -0.368. The van der Waals surface area contributed by atoms with Crippen LogP contribution in [0.5, 0.6) is 0 Å². The molecule has 0 saturated carbocycles. The molecule has 0 spiro atoms. The first-order valence-electron chi connectivity index (χ1n) is 8.75. The van der Waals surface area contributed by atoms with Crippen LogP contribution in [0.3, 0.4) is 0 Å². The number of benzene rings is 1. The first-order valence-corrected chi connectivity index (χ1v) is 9.74. The number of nitrogens with zero attached hydrogens (tertiary/aromatic N) is 1. The van der Waals surface area contributed by atoms with Crippen molar-refractivity contribution < 1.29 is 9.59 Å². The van der Waals surface area contributed by atoms with E-state index in [1.165, 1.54) is 18.2 Å². The number of nitrogens with two attached hydrogens (primary N) is 1. The summed E-state index contributed by atoms with van der Waals surface area (Å²) in [5, 5.41) is 6.16. The summed E-state index contributed by atoms with van der Waals surface area (Å²) in [6.45, 7) is 3.41. The highest BCUT2D eigenvalue weighted by molar-refractivity contribution is 8.00. The summed E-state index contributed by atoms with van der Waals surface area (Å²) in [7, 11) is 1.99. The van der Waals surface area contributed by atoms with Crippen molar-refractivity contribution >= 4 is 41.7 Å². The number of carbonyl (C=O) groups excluding carboxylic acids is 2. The van der Waals surface area contributed by atoms with Crippen LogP contribution in [-0.2, 0) is 9.59 Å². The number of hydrogen-bond acceptors (Lipinski definition) is 5. The molecule has 146 valence electrons. The molecular weight excluding hydrogens is 372 g/mol. The van der Waals surface area contributed by atoms with Crippen molar-refractivity contribution in [3.8, 4) is 0 Å². The van der Waals surface area contributed by atoms with Crippen LogP contribution in [0.15, 0.2) is 29.2 Å². The Morgan fingerprint density at radius 1 is 1.27 bits per heavy atom. The summed E-state index contributed by atoms with van der Waals surface area (Å²) in [5.74, 6) is 0.582. The van der Waals surface area contributed by atoms with Gasteiger partial charge in [0.2, 0.25) is 11.8 Å². The average Bonchev–Trinajstić information content (AvgIpc) is 2.60. The number of para-hydroxylation sites is 1. The molecule has 1 saturated heterocycles. The first kappa shape index (κ1) is 22.8. The highest BCUT2D eigenvalue weighted by Crippen LogP contribution is 2.27. The number of primary amides is 1. The normalized spacial score (nSPS) is 15.3. The third-order valence-electron chi connectivity index (χ3n) is 4.41. The quantitative estimate of drug-likeness (QED) is 0.551. The zero-order chi connectivity index (χ0) is 18.1. The van der Waals surface area contributed by atoms with E-state index in [4.69, 9.17) is 5.73 Å². The highest BCUT2D eigenvalue weighted by atomic mass is 35.5. The molecule has 0 atom stereocenters. The van der Waals surface area contributed by atoms with Crippen molar-refractivity contribution in [3.63, 3.8) is 0 Å². The van der Waals surface area contributed by atoms with Gasteiger partial charge in [-0.1, -0.05) is 12.1 Å². The van der Waals surface area contributed by atoms with Crippen molar-refractivity contribution in [1.82, 2.24) is 10.2 Å². The van der Waals surface area contributed by atoms with Crippen molar-refractivity contribution in [2.75, 3.05) is 44.3 Å². The second kappa shape index (κ2) is 12.2. The van der Waals surface area contributed by atoms with Crippen molar-refractivity contribution in [3.05, 3.63) is 24.3 Å². The van der Waals surface area contributed by atoms with Crippen LogP contribution in [0.1, 0.15) is 19.3 Å². The van der Waals surface area contributed by atoms with Gasteiger partial charge in [-0.15, -0.1) is 24.2 Å². The fourth-order valence-corrected chi connectivity index (χ4v) is 3.77. The molecule has 0 unspecified atom stereocenters. The van der Waals surface area contributed by atoms with E-state index in [0.717, 1.165) is 49.0 Å². The number of hydrogen-bond donors (Lipinski definition) is 3. The van der Waals surface area contributed by atoms with Gasteiger partial charge in [0.15, 0.2) is 0 Å². The fourth-order valence-electron chi connectivity index (χ4n) is 3.02. The number of nitrogens with one attached hydrogen (secondary N) is 2. The zero-order valence-corrected chi connectivity index (χ0v) is 16.8. The number of thioether (sulfide) groups is 1. The lowest BCUT2D eigenvalue weighted by atomic mass is 9.93. The number of piperidine rings is 1. The molecule has 0 bridgehead atoms. The maximum absolute atomic E-state index is 12.4. The molecule has 0 radical (unpaired) electrons. The molecule has 2 rings (SSSR count). The largest absolute Gasteiger partial charge is 0.369 e. The summed E-state index contributed by atoms with van der Waals surface area (Å²) >= 11 is 1.34. The van der Waals surface area contributed by atoms with Gasteiger partial charge in [0, 0.05) is 4.90 Å². The van der Waals surface area contributed by atoms with E-state index in [2.05, 4.69) is 15.5 Å². The molecule has 26 heavy (non-hydrogen) atoms. The monoisotopic (exact) mass is 400 g/mol. The van der Waals surface area contributed by atoms with Crippen molar-refractivity contribution in [1.29, 1.82) is 0 Å². The van der Waals surface area contributed by atoms with E-state index < -0.39 is 0 Å². The van der Waals surface area contributed by atoms with Crippen LogP contribution >= 0.6 is 24.2 Å². The lowest BCUT2D eigenvalue weighted by Crippen LogP contribution is -2.39. The van der Waals surface area contributed by atoms with Crippen molar-refractivity contribution in [2.45, 2.75) is 24.2 Å². The predicted octanol–water partition coefficient (Wildman–Crippen LogP) is 1.95. The molecule has 1 aromatic rings. The van der Waals surface area contributed by atoms with Gasteiger partial charge in [0.05, 0.1) is 18.0 Å². The van der Waals surface area contributed by atoms with Crippen LogP contribution < -0.4 is 16.4 Å².